The Balaban J connectivity index is 2.71. The second kappa shape index (κ2) is 15.3. The highest BCUT2D eigenvalue weighted by molar-refractivity contribution is 7.98. The number of thiol groups is 1. The van der Waals surface area contributed by atoms with Gasteiger partial charge in [0.05, 0.1) is 6.04 Å². The zero-order valence-electron chi connectivity index (χ0n) is 17.9. The number of rotatable bonds is 15. The monoisotopic (exact) mass is 477 g/mol. The molecule has 0 radical (unpaired) electrons. The maximum atomic E-state index is 12.8. The first-order chi connectivity index (χ1) is 14.8. The Kier molecular flexibility index (Phi) is 13.6. The van der Waals surface area contributed by atoms with Gasteiger partial charge in [-0.2, -0.15) is 24.4 Å². The van der Waals surface area contributed by atoms with Gasteiger partial charge in [-0.15, -0.1) is 0 Å². The lowest BCUT2D eigenvalue weighted by Gasteiger charge is -2.24. The Labute approximate surface area is 193 Å². The van der Waals surface area contributed by atoms with Crippen molar-refractivity contribution in [3.8, 4) is 0 Å². The minimum Gasteiger partial charge on any atom is -0.480 e. The number of carboxylic acid groups (broad SMARTS) is 1. The van der Waals surface area contributed by atoms with Crippen molar-refractivity contribution in [1.29, 1.82) is 0 Å². The molecule has 12 heteroatoms. The number of unbranched alkanes of at least 4 members (excludes halogenated alkanes) is 1. The molecule has 3 amide bonds. The zero-order valence-corrected chi connectivity index (χ0v) is 19.6. The molecule has 1 heterocycles. The van der Waals surface area contributed by atoms with Crippen LogP contribution >= 0.6 is 24.4 Å². The first-order valence-electron chi connectivity index (χ1n) is 10.5. The summed E-state index contributed by atoms with van der Waals surface area (Å²) in [5.41, 5.74) is 5.43. The van der Waals surface area contributed by atoms with Crippen LogP contribution in [0.15, 0.2) is 0 Å². The number of hydrogen-bond acceptors (Lipinski definition) is 8. The molecule has 1 rings (SSSR count). The van der Waals surface area contributed by atoms with Crippen molar-refractivity contribution >= 4 is 48.1 Å². The van der Waals surface area contributed by atoms with Crippen LogP contribution < -0.4 is 27.0 Å². The van der Waals surface area contributed by atoms with Crippen LogP contribution in [0, 0.1) is 0 Å². The van der Waals surface area contributed by atoms with E-state index in [-0.39, 0.29) is 24.1 Å². The van der Waals surface area contributed by atoms with Crippen LogP contribution in [-0.2, 0) is 19.2 Å². The van der Waals surface area contributed by atoms with Gasteiger partial charge in [0.15, 0.2) is 0 Å². The van der Waals surface area contributed by atoms with Gasteiger partial charge in [0.1, 0.15) is 18.1 Å². The molecule has 1 aliphatic heterocycles. The molecule has 0 aromatic heterocycles. The van der Waals surface area contributed by atoms with E-state index in [9.17, 15) is 24.3 Å². The molecule has 178 valence electrons. The van der Waals surface area contributed by atoms with E-state index in [0.717, 1.165) is 13.0 Å². The lowest BCUT2D eigenvalue weighted by molar-refractivity contribution is -0.142. The average Bonchev–Trinajstić information content (AvgIpc) is 3.28. The summed E-state index contributed by atoms with van der Waals surface area (Å²) in [7, 11) is 0. The maximum Gasteiger partial charge on any atom is 0.326 e. The third-order valence-corrected chi connectivity index (χ3v) is 6.01. The Hall–Kier alpha value is -1.50. The Morgan fingerprint density at radius 1 is 1.10 bits per heavy atom. The number of carbonyl (C=O) groups is 4. The molecule has 0 aromatic rings. The minimum absolute atomic E-state index is 0.0138. The topological polar surface area (TPSA) is 163 Å². The standard InChI is InChI=1S/C19H35N5O5S2/c1-31-10-7-13(22-16(25)12-6-4-9-21-12)17(26)24-15(11-30)18(27)23-14(19(28)29)5-2-3-8-20/h12-15,21,30H,2-11,20H2,1H3,(H,22,25)(H,23,27)(H,24,26)(H,28,29). The van der Waals surface area contributed by atoms with Crippen molar-refractivity contribution < 1.29 is 24.3 Å². The van der Waals surface area contributed by atoms with Gasteiger partial charge in [-0.3, -0.25) is 14.4 Å². The first-order valence-corrected chi connectivity index (χ1v) is 12.5. The Morgan fingerprint density at radius 3 is 2.32 bits per heavy atom. The van der Waals surface area contributed by atoms with Gasteiger partial charge in [-0.05, 0) is 63.6 Å². The normalized spacial score (nSPS) is 18.6. The quantitative estimate of drug-likeness (QED) is 0.118. The average molecular weight is 478 g/mol. The molecule has 0 aliphatic carbocycles. The van der Waals surface area contributed by atoms with E-state index in [2.05, 4.69) is 33.9 Å². The fraction of sp³-hybridized carbons (Fsp3) is 0.789. The van der Waals surface area contributed by atoms with E-state index in [1.165, 1.54) is 0 Å². The van der Waals surface area contributed by atoms with E-state index in [1.807, 2.05) is 6.26 Å². The number of carbonyl (C=O) groups excluding carboxylic acids is 3. The summed E-state index contributed by atoms with van der Waals surface area (Å²) in [5, 5.41) is 20.2. The van der Waals surface area contributed by atoms with Crippen LogP contribution in [0.1, 0.15) is 38.5 Å². The highest BCUT2D eigenvalue weighted by atomic mass is 32.2. The van der Waals surface area contributed by atoms with E-state index in [4.69, 9.17) is 5.73 Å². The van der Waals surface area contributed by atoms with Crippen LogP contribution in [0.25, 0.3) is 0 Å². The second-order valence-corrected chi connectivity index (χ2v) is 8.77. The summed E-state index contributed by atoms with van der Waals surface area (Å²) >= 11 is 5.67. The number of carboxylic acids is 1. The Morgan fingerprint density at radius 2 is 1.77 bits per heavy atom. The lowest BCUT2D eigenvalue weighted by Crippen LogP contribution is -2.57. The number of amides is 3. The van der Waals surface area contributed by atoms with E-state index >= 15 is 0 Å². The smallest absolute Gasteiger partial charge is 0.326 e. The molecular formula is C19H35N5O5S2. The third kappa shape index (κ3) is 10.1. The number of thioether (sulfide) groups is 1. The fourth-order valence-electron chi connectivity index (χ4n) is 3.17. The van der Waals surface area contributed by atoms with Crippen molar-refractivity contribution in [2.75, 3.05) is 30.9 Å². The molecule has 0 aromatic carbocycles. The van der Waals surface area contributed by atoms with Gasteiger partial charge in [-0.25, -0.2) is 4.79 Å². The summed E-state index contributed by atoms with van der Waals surface area (Å²) < 4.78 is 0. The third-order valence-electron chi connectivity index (χ3n) is 5.00. The maximum absolute atomic E-state index is 12.8. The van der Waals surface area contributed by atoms with Gasteiger partial charge >= 0.3 is 5.97 Å². The number of nitrogens with two attached hydrogens (primary N) is 1. The van der Waals surface area contributed by atoms with Crippen molar-refractivity contribution in [1.82, 2.24) is 21.3 Å². The second-order valence-electron chi connectivity index (χ2n) is 7.42. The zero-order chi connectivity index (χ0) is 23.2. The van der Waals surface area contributed by atoms with E-state index in [0.29, 0.717) is 38.0 Å². The molecule has 1 saturated heterocycles. The molecular weight excluding hydrogens is 442 g/mol. The molecule has 0 spiro atoms. The highest BCUT2D eigenvalue weighted by Crippen LogP contribution is 2.08. The fourth-order valence-corrected chi connectivity index (χ4v) is 3.90. The van der Waals surface area contributed by atoms with Crippen LogP contribution in [0.4, 0.5) is 0 Å². The predicted octanol–water partition coefficient (Wildman–Crippen LogP) is -0.911. The SMILES string of the molecule is CSCCC(NC(=O)C1CCCN1)C(=O)NC(CS)C(=O)NC(CCCCN)C(=O)O. The number of nitrogens with one attached hydrogen (secondary N) is 4. The summed E-state index contributed by atoms with van der Waals surface area (Å²) in [6.45, 7) is 1.20. The van der Waals surface area contributed by atoms with E-state index in [1.54, 1.807) is 11.8 Å². The number of hydrogen-bond donors (Lipinski definition) is 7. The highest BCUT2D eigenvalue weighted by Gasteiger charge is 2.30. The summed E-state index contributed by atoms with van der Waals surface area (Å²) in [6, 6.07) is -3.21. The molecule has 0 saturated carbocycles. The first kappa shape index (κ1) is 27.5. The van der Waals surface area contributed by atoms with E-state index < -0.39 is 35.9 Å². The summed E-state index contributed by atoms with van der Waals surface area (Å²) in [4.78, 5) is 49.2. The van der Waals surface area contributed by atoms with Crippen molar-refractivity contribution in [2.24, 2.45) is 5.73 Å². The minimum atomic E-state index is -1.15. The van der Waals surface area contributed by atoms with Crippen molar-refractivity contribution in [2.45, 2.75) is 62.7 Å². The van der Waals surface area contributed by atoms with Crippen LogP contribution in [-0.4, -0.2) is 83.8 Å². The summed E-state index contributed by atoms with van der Waals surface area (Å²) in [6.07, 6.45) is 5.37. The van der Waals surface area contributed by atoms with Gasteiger partial charge in [-0.1, -0.05) is 0 Å². The van der Waals surface area contributed by atoms with Gasteiger partial charge in [0.25, 0.3) is 0 Å². The molecule has 1 fully saturated rings. The van der Waals surface area contributed by atoms with Gasteiger partial charge in [0, 0.05) is 5.75 Å². The van der Waals surface area contributed by atoms with Crippen molar-refractivity contribution in [3.05, 3.63) is 0 Å². The molecule has 4 unspecified atom stereocenters. The molecule has 4 atom stereocenters. The van der Waals surface area contributed by atoms with Crippen LogP contribution in [0.3, 0.4) is 0 Å². The Bertz CT molecular complexity index is 604. The largest absolute Gasteiger partial charge is 0.480 e. The molecule has 31 heavy (non-hydrogen) atoms. The van der Waals surface area contributed by atoms with Gasteiger partial charge < -0.3 is 32.1 Å². The van der Waals surface area contributed by atoms with Gasteiger partial charge in [0.2, 0.25) is 17.7 Å². The predicted molar refractivity (Wildman–Crippen MR) is 124 cm³/mol. The number of aliphatic carboxylic acids is 1. The molecule has 10 nitrogen and oxygen atoms in total. The van der Waals surface area contributed by atoms with Crippen LogP contribution in [0.5, 0.6) is 0 Å². The molecule has 1 aliphatic rings. The summed E-state index contributed by atoms with van der Waals surface area (Å²) in [5.74, 6) is -1.88. The molecule has 7 N–H and O–H groups in total. The van der Waals surface area contributed by atoms with Crippen LogP contribution in [0.2, 0.25) is 0 Å². The lowest BCUT2D eigenvalue weighted by atomic mass is 10.1. The molecule has 0 bridgehead atoms. The van der Waals surface area contributed by atoms with Crippen molar-refractivity contribution in [3.63, 3.8) is 0 Å².